The van der Waals surface area contributed by atoms with E-state index in [9.17, 15) is 4.79 Å². The lowest BCUT2D eigenvalue weighted by molar-refractivity contribution is 0.0697. The van der Waals surface area contributed by atoms with Crippen molar-refractivity contribution in [1.82, 2.24) is 0 Å². The van der Waals surface area contributed by atoms with Gasteiger partial charge >= 0.3 is 5.97 Å². The van der Waals surface area contributed by atoms with E-state index < -0.39 is 5.97 Å². The fraction of sp³-hybridized carbons (Fsp3) is 0.0833. The summed E-state index contributed by atoms with van der Waals surface area (Å²) in [6.45, 7) is 1.92. The van der Waals surface area contributed by atoms with Crippen LogP contribution in [0.1, 0.15) is 15.9 Å². The quantitative estimate of drug-likeness (QED) is 0.855. The van der Waals surface area contributed by atoms with Crippen LogP contribution in [0.3, 0.4) is 0 Å². The minimum absolute atomic E-state index is 0.332. The molecule has 76 valence electrons. The van der Waals surface area contributed by atoms with Gasteiger partial charge in [0.25, 0.3) is 0 Å². The first-order valence-corrected chi connectivity index (χ1v) is 5.31. The predicted octanol–water partition coefficient (Wildman–Crippen LogP) is 3.61. The number of halogens is 1. The number of carbonyl (C=O) groups is 1. The van der Waals surface area contributed by atoms with Crippen LogP contribution in [-0.2, 0) is 0 Å². The van der Waals surface area contributed by atoms with Crippen molar-refractivity contribution < 1.29 is 9.90 Å². The van der Waals surface area contributed by atoms with Crippen LogP contribution < -0.4 is 0 Å². The summed E-state index contributed by atoms with van der Waals surface area (Å²) < 4.78 is 0.995. The van der Waals surface area contributed by atoms with Crippen LogP contribution in [0.2, 0.25) is 0 Å². The number of hydrogen-bond acceptors (Lipinski definition) is 1. The number of carboxylic acid groups (broad SMARTS) is 1. The van der Waals surface area contributed by atoms with Gasteiger partial charge in [0.1, 0.15) is 0 Å². The molecule has 2 aromatic carbocycles. The third-order valence-corrected chi connectivity index (χ3v) is 3.03. The zero-order chi connectivity index (χ0) is 11.0. The van der Waals surface area contributed by atoms with Crippen molar-refractivity contribution in [3.05, 3.63) is 45.9 Å². The molecule has 0 spiro atoms. The lowest BCUT2D eigenvalue weighted by Crippen LogP contribution is -1.97. The molecule has 0 radical (unpaired) electrons. The second-order valence-corrected chi connectivity index (χ2v) is 4.29. The zero-order valence-corrected chi connectivity index (χ0v) is 9.71. The standard InChI is InChI=1S/C12H9BrO2/c1-7-5-9(12(14)15)6-8-3-2-4-10(13)11(7)8/h2-6H,1H3,(H,14,15). The summed E-state index contributed by atoms with van der Waals surface area (Å²) in [7, 11) is 0. The summed E-state index contributed by atoms with van der Waals surface area (Å²) in [6.07, 6.45) is 0. The maximum absolute atomic E-state index is 10.9. The number of rotatable bonds is 1. The molecule has 0 atom stereocenters. The Morgan fingerprint density at radius 2 is 2.07 bits per heavy atom. The molecule has 2 aromatic rings. The highest BCUT2D eigenvalue weighted by Crippen LogP contribution is 2.28. The van der Waals surface area contributed by atoms with Gasteiger partial charge in [-0.2, -0.15) is 0 Å². The fourth-order valence-electron chi connectivity index (χ4n) is 1.72. The SMILES string of the molecule is Cc1cc(C(=O)O)cc2cccc(Br)c12. The summed E-state index contributed by atoms with van der Waals surface area (Å²) >= 11 is 3.46. The summed E-state index contributed by atoms with van der Waals surface area (Å²) in [5, 5.41) is 10.9. The molecular weight excluding hydrogens is 256 g/mol. The number of fused-ring (bicyclic) bond motifs is 1. The Labute approximate surface area is 95.7 Å². The Hall–Kier alpha value is -1.35. The van der Waals surface area contributed by atoms with Gasteiger partial charge in [-0.1, -0.05) is 28.1 Å². The Morgan fingerprint density at radius 1 is 1.33 bits per heavy atom. The van der Waals surface area contributed by atoms with E-state index in [1.165, 1.54) is 0 Å². The lowest BCUT2D eigenvalue weighted by atomic mass is 10.0. The summed E-state index contributed by atoms with van der Waals surface area (Å²) in [5.41, 5.74) is 1.30. The molecule has 0 aromatic heterocycles. The van der Waals surface area contributed by atoms with Crippen molar-refractivity contribution in [3.63, 3.8) is 0 Å². The van der Waals surface area contributed by atoms with Crippen molar-refractivity contribution in [1.29, 1.82) is 0 Å². The van der Waals surface area contributed by atoms with E-state index in [2.05, 4.69) is 15.9 Å². The highest BCUT2D eigenvalue weighted by molar-refractivity contribution is 9.10. The van der Waals surface area contributed by atoms with Gasteiger partial charge in [-0.15, -0.1) is 0 Å². The Morgan fingerprint density at radius 3 is 2.73 bits per heavy atom. The van der Waals surface area contributed by atoms with E-state index in [0.29, 0.717) is 5.56 Å². The molecule has 0 aliphatic carbocycles. The first kappa shape index (κ1) is 10.2. The number of carboxylic acids is 1. The molecular formula is C12H9BrO2. The summed E-state index contributed by atoms with van der Waals surface area (Å²) in [5.74, 6) is -0.889. The average molecular weight is 265 g/mol. The molecule has 3 heteroatoms. The summed E-state index contributed by atoms with van der Waals surface area (Å²) in [6, 6.07) is 9.15. The highest BCUT2D eigenvalue weighted by atomic mass is 79.9. The number of hydrogen-bond donors (Lipinski definition) is 1. The van der Waals surface area contributed by atoms with Gasteiger partial charge in [-0.05, 0) is 41.5 Å². The van der Waals surface area contributed by atoms with Crippen LogP contribution >= 0.6 is 15.9 Å². The average Bonchev–Trinajstić information content (AvgIpc) is 2.17. The van der Waals surface area contributed by atoms with Gasteiger partial charge in [0.05, 0.1) is 5.56 Å². The predicted molar refractivity (Wildman–Crippen MR) is 63.3 cm³/mol. The van der Waals surface area contributed by atoms with E-state index in [1.54, 1.807) is 12.1 Å². The molecule has 0 bridgehead atoms. The molecule has 15 heavy (non-hydrogen) atoms. The first-order chi connectivity index (χ1) is 7.09. The van der Waals surface area contributed by atoms with Crippen molar-refractivity contribution in [3.8, 4) is 0 Å². The topological polar surface area (TPSA) is 37.3 Å². The second kappa shape index (κ2) is 3.66. The van der Waals surface area contributed by atoms with Gasteiger partial charge in [-0.3, -0.25) is 0 Å². The lowest BCUT2D eigenvalue weighted by Gasteiger charge is -2.06. The minimum Gasteiger partial charge on any atom is -0.478 e. The van der Waals surface area contributed by atoms with Crippen molar-refractivity contribution >= 4 is 32.7 Å². The monoisotopic (exact) mass is 264 g/mol. The van der Waals surface area contributed by atoms with Crippen molar-refractivity contribution in [2.24, 2.45) is 0 Å². The molecule has 1 N–H and O–H groups in total. The Balaban J connectivity index is 2.84. The Kier molecular flexibility index (Phi) is 2.49. The van der Waals surface area contributed by atoms with Gasteiger partial charge in [0.2, 0.25) is 0 Å². The molecule has 0 fully saturated rings. The maximum Gasteiger partial charge on any atom is 0.335 e. The van der Waals surface area contributed by atoms with Crippen molar-refractivity contribution in [2.75, 3.05) is 0 Å². The first-order valence-electron chi connectivity index (χ1n) is 4.52. The molecule has 2 rings (SSSR count). The largest absolute Gasteiger partial charge is 0.478 e. The molecule has 0 heterocycles. The van der Waals surface area contributed by atoms with Crippen molar-refractivity contribution in [2.45, 2.75) is 6.92 Å². The Bertz CT molecular complexity index is 547. The van der Waals surface area contributed by atoms with Crippen LogP contribution in [0.5, 0.6) is 0 Å². The zero-order valence-electron chi connectivity index (χ0n) is 8.12. The number of aryl methyl sites for hydroxylation is 1. The van der Waals surface area contributed by atoms with Gasteiger partial charge in [-0.25, -0.2) is 4.79 Å². The van der Waals surface area contributed by atoms with Gasteiger partial charge in [0, 0.05) is 4.47 Å². The molecule has 0 saturated heterocycles. The third kappa shape index (κ3) is 1.75. The smallest absolute Gasteiger partial charge is 0.335 e. The number of benzene rings is 2. The molecule has 0 aliphatic heterocycles. The fourth-order valence-corrected chi connectivity index (χ4v) is 2.41. The van der Waals surface area contributed by atoms with E-state index in [1.807, 2.05) is 25.1 Å². The van der Waals surface area contributed by atoms with Crippen LogP contribution in [0.25, 0.3) is 10.8 Å². The molecule has 0 unspecified atom stereocenters. The second-order valence-electron chi connectivity index (χ2n) is 3.44. The summed E-state index contributed by atoms with van der Waals surface area (Å²) in [4.78, 5) is 10.9. The third-order valence-electron chi connectivity index (χ3n) is 2.37. The molecule has 0 aliphatic rings. The van der Waals surface area contributed by atoms with Gasteiger partial charge < -0.3 is 5.11 Å². The molecule has 0 amide bonds. The van der Waals surface area contributed by atoms with Crippen LogP contribution in [0.4, 0.5) is 0 Å². The van der Waals surface area contributed by atoms with Crippen LogP contribution in [-0.4, -0.2) is 11.1 Å². The molecule has 0 saturated carbocycles. The number of aromatic carboxylic acids is 1. The van der Waals surface area contributed by atoms with E-state index in [0.717, 1.165) is 20.8 Å². The maximum atomic E-state index is 10.9. The highest BCUT2D eigenvalue weighted by Gasteiger charge is 2.08. The normalized spacial score (nSPS) is 10.5. The molecule has 2 nitrogen and oxygen atoms in total. The van der Waals surface area contributed by atoms with E-state index in [-0.39, 0.29) is 0 Å². The van der Waals surface area contributed by atoms with Crippen LogP contribution in [0.15, 0.2) is 34.8 Å². The minimum atomic E-state index is -0.889. The van der Waals surface area contributed by atoms with E-state index >= 15 is 0 Å². The van der Waals surface area contributed by atoms with Crippen LogP contribution in [0, 0.1) is 6.92 Å². The van der Waals surface area contributed by atoms with Gasteiger partial charge in [0.15, 0.2) is 0 Å². The van der Waals surface area contributed by atoms with E-state index in [4.69, 9.17) is 5.11 Å².